The van der Waals surface area contributed by atoms with Crippen molar-refractivity contribution >= 4 is 50.5 Å². The third kappa shape index (κ3) is 2.90. The van der Waals surface area contributed by atoms with Crippen LogP contribution in [0.1, 0.15) is 19.8 Å². The number of nitrogens with one attached hydrogen (secondary N) is 1. The second kappa shape index (κ2) is 4.89. The van der Waals surface area contributed by atoms with Crippen molar-refractivity contribution in [1.82, 2.24) is 4.72 Å². The first-order valence-corrected chi connectivity index (χ1v) is 8.44. The fourth-order valence-electron chi connectivity index (χ4n) is 1.80. The van der Waals surface area contributed by atoms with Crippen molar-refractivity contribution in [1.29, 1.82) is 0 Å². The van der Waals surface area contributed by atoms with Crippen molar-refractivity contribution in [3.05, 3.63) is 14.7 Å². The number of carboxylic acid groups (broad SMARTS) is 1. The first kappa shape index (κ1) is 15.1. The van der Waals surface area contributed by atoms with Crippen LogP contribution >= 0.6 is 34.5 Å². The van der Waals surface area contributed by atoms with Gasteiger partial charge < -0.3 is 5.11 Å². The van der Waals surface area contributed by atoms with Gasteiger partial charge in [0.15, 0.2) is 0 Å². The van der Waals surface area contributed by atoms with E-state index >= 15 is 0 Å². The summed E-state index contributed by atoms with van der Waals surface area (Å²) in [6.07, 6.45) is 1.37. The van der Waals surface area contributed by atoms with Gasteiger partial charge in [0.05, 0.1) is 4.34 Å². The lowest BCUT2D eigenvalue weighted by Gasteiger charge is -2.25. The van der Waals surface area contributed by atoms with Crippen LogP contribution in [-0.2, 0) is 14.8 Å². The first-order chi connectivity index (χ1) is 8.67. The maximum absolute atomic E-state index is 12.2. The van der Waals surface area contributed by atoms with Crippen LogP contribution in [0.3, 0.4) is 0 Å². The summed E-state index contributed by atoms with van der Waals surface area (Å²) < 4.78 is 26.9. The summed E-state index contributed by atoms with van der Waals surface area (Å²) in [6.45, 7) is 1.37. The van der Waals surface area contributed by atoms with Gasteiger partial charge in [0.25, 0.3) is 0 Å². The molecule has 0 radical (unpaired) electrons. The largest absolute Gasteiger partial charge is 0.480 e. The molecule has 0 bridgehead atoms. The van der Waals surface area contributed by atoms with Crippen molar-refractivity contribution in [3.63, 3.8) is 0 Å². The Kier molecular flexibility index (Phi) is 3.88. The summed E-state index contributed by atoms with van der Waals surface area (Å²) in [5.74, 6) is -1.40. The van der Waals surface area contributed by atoms with Gasteiger partial charge in [-0.25, -0.2) is 8.42 Å². The van der Waals surface area contributed by atoms with E-state index in [-0.39, 0.29) is 19.5 Å². The molecule has 2 rings (SSSR count). The van der Waals surface area contributed by atoms with E-state index in [1.807, 2.05) is 0 Å². The molecule has 0 amide bonds. The molecule has 5 nitrogen and oxygen atoms in total. The maximum Gasteiger partial charge on any atom is 0.324 e. The van der Waals surface area contributed by atoms with Crippen molar-refractivity contribution in [2.75, 3.05) is 0 Å². The Balaban J connectivity index is 2.35. The molecule has 1 unspecified atom stereocenters. The van der Waals surface area contributed by atoms with Crippen LogP contribution in [-0.4, -0.2) is 25.0 Å². The third-order valence-electron chi connectivity index (χ3n) is 3.10. The molecule has 1 aliphatic rings. The Labute approximate surface area is 124 Å². The number of carboxylic acids is 1. The standard InChI is InChI=1S/C10H11Cl2NO4S2/c1-10(9(14)15,5-2-3-5)13-19(16,17)6-4-7(11)18-8(6)12/h4-5,13H,2-3H2,1H3,(H,14,15). The Morgan fingerprint density at radius 2 is 2.11 bits per heavy atom. The summed E-state index contributed by atoms with van der Waals surface area (Å²) in [7, 11) is -4.01. The molecule has 1 atom stereocenters. The quantitative estimate of drug-likeness (QED) is 0.860. The summed E-state index contributed by atoms with van der Waals surface area (Å²) in [6, 6.07) is 1.21. The zero-order valence-electron chi connectivity index (χ0n) is 9.81. The van der Waals surface area contributed by atoms with Gasteiger partial charge >= 0.3 is 5.97 Å². The zero-order chi connectivity index (χ0) is 14.4. The van der Waals surface area contributed by atoms with Crippen molar-refractivity contribution < 1.29 is 18.3 Å². The van der Waals surface area contributed by atoms with Gasteiger partial charge in [0.1, 0.15) is 14.8 Å². The maximum atomic E-state index is 12.2. The summed E-state index contributed by atoms with van der Waals surface area (Å²) in [5.41, 5.74) is -1.52. The van der Waals surface area contributed by atoms with Crippen LogP contribution in [0.25, 0.3) is 0 Å². The molecular formula is C10H11Cl2NO4S2. The molecule has 0 aliphatic heterocycles. The number of hydrogen-bond donors (Lipinski definition) is 2. The van der Waals surface area contributed by atoms with Crippen LogP contribution < -0.4 is 4.72 Å². The summed E-state index contributed by atoms with van der Waals surface area (Å²) >= 11 is 12.4. The van der Waals surface area contributed by atoms with Gasteiger partial charge in [-0.05, 0) is 31.7 Å². The highest BCUT2D eigenvalue weighted by molar-refractivity contribution is 7.89. The second-order valence-corrected chi connectivity index (χ2v) is 8.51. The Morgan fingerprint density at radius 3 is 2.47 bits per heavy atom. The van der Waals surface area contributed by atoms with Crippen LogP contribution in [0.15, 0.2) is 11.0 Å². The lowest BCUT2D eigenvalue weighted by molar-refractivity contribution is -0.144. The number of rotatable bonds is 5. The third-order valence-corrected chi connectivity index (χ3v) is 6.42. The van der Waals surface area contributed by atoms with Crippen LogP contribution in [0, 0.1) is 5.92 Å². The number of thiophene rings is 1. The van der Waals surface area contributed by atoms with E-state index < -0.39 is 21.5 Å². The SMILES string of the molecule is CC(NS(=O)(=O)c1cc(Cl)sc1Cl)(C(=O)O)C1CC1. The molecule has 1 aliphatic carbocycles. The highest BCUT2D eigenvalue weighted by Gasteiger charge is 2.50. The van der Waals surface area contributed by atoms with Gasteiger partial charge in [-0.3, -0.25) is 4.79 Å². The van der Waals surface area contributed by atoms with E-state index in [9.17, 15) is 18.3 Å². The van der Waals surface area contributed by atoms with E-state index in [2.05, 4.69) is 4.72 Å². The molecule has 9 heteroatoms. The van der Waals surface area contributed by atoms with Gasteiger partial charge in [0.2, 0.25) is 10.0 Å². The van der Waals surface area contributed by atoms with E-state index in [4.69, 9.17) is 23.2 Å². The van der Waals surface area contributed by atoms with Crippen LogP contribution in [0.2, 0.25) is 8.67 Å². The number of halogens is 2. The Hall–Kier alpha value is -0.340. The summed E-state index contributed by atoms with van der Waals surface area (Å²) in [4.78, 5) is 11.1. The highest BCUT2D eigenvalue weighted by atomic mass is 35.5. The number of sulfonamides is 1. The predicted octanol–water partition coefficient (Wildman–Crippen LogP) is 2.59. The van der Waals surface area contributed by atoms with Crippen molar-refractivity contribution in [2.45, 2.75) is 30.2 Å². The minimum Gasteiger partial charge on any atom is -0.480 e. The lowest BCUT2D eigenvalue weighted by atomic mass is 9.98. The van der Waals surface area contributed by atoms with E-state index in [0.29, 0.717) is 12.8 Å². The molecule has 106 valence electrons. The van der Waals surface area contributed by atoms with Gasteiger partial charge in [0, 0.05) is 0 Å². The predicted molar refractivity (Wildman–Crippen MR) is 73.4 cm³/mol. The van der Waals surface area contributed by atoms with Crippen LogP contribution in [0.5, 0.6) is 0 Å². The molecule has 19 heavy (non-hydrogen) atoms. The van der Waals surface area contributed by atoms with Crippen molar-refractivity contribution in [3.8, 4) is 0 Å². The van der Waals surface area contributed by atoms with E-state index in [0.717, 1.165) is 11.3 Å². The smallest absolute Gasteiger partial charge is 0.324 e. The molecule has 0 aromatic carbocycles. The fraction of sp³-hybridized carbons (Fsp3) is 0.500. The molecule has 1 heterocycles. The Morgan fingerprint density at radius 1 is 1.53 bits per heavy atom. The molecule has 1 aromatic heterocycles. The number of carbonyl (C=O) groups is 1. The Bertz CT molecular complexity index is 623. The average Bonchev–Trinajstić information content (AvgIpc) is 3.04. The fourth-order valence-corrected chi connectivity index (χ4v) is 5.38. The minimum atomic E-state index is -4.01. The first-order valence-electron chi connectivity index (χ1n) is 5.39. The van der Waals surface area contributed by atoms with Gasteiger partial charge in [-0.2, -0.15) is 4.72 Å². The average molecular weight is 344 g/mol. The monoisotopic (exact) mass is 343 g/mol. The molecule has 1 aromatic rings. The van der Waals surface area contributed by atoms with E-state index in [1.54, 1.807) is 0 Å². The van der Waals surface area contributed by atoms with Crippen molar-refractivity contribution in [2.24, 2.45) is 5.92 Å². The number of hydrogen-bond acceptors (Lipinski definition) is 4. The molecule has 0 spiro atoms. The summed E-state index contributed by atoms with van der Waals surface area (Å²) in [5, 5.41) is 9.24. The highest BCUT2D eigenvalue weighted by Crippen LogP contribution is 2.41. The molecular weight excluding hydrogens is 333 g/mol. The minimum absolute atomic E-state index is 0.0148. The second-order valence-electron chi connectivity index (χ2n) is 4.58. The lowest BCUT2D eigenvalue weighted by Crippen LogP contribution is -2.53. The van der Waals surface area contributed by atoms with Crippen LogP contribution in [0.4, 0.5) is 0 Å². The number of aliphatic carboxylic acids is 1. The topological polar surface area (TPSA) is 83.5 Å². The molecule has 1 fully saturated rings. The molecule has 0 saturated heterocycles. The van der Waals surface area contributed by atoms with Gasteiger partial charge in [-0.15, -0.1) is 11.3 Å². The molecule has 1 saturated carbocycles. The molecule has 2 N–H and O–H groups in total. The normalized spacial score (nSPS) is 19.1. The van der Waals surface area contributed by atoms with E-state index in [1.165, 1.54) is 13.0 Å². The zero-order valence-corrected chi connectivity index (χ0v) is 13.0. The van der Waals surface area contributed by atoms with Gasteiger partial charge in [-0.1, -0.05) is 23.2 Å².